The van der Waals surface area contributed by atoms with E-state index in [0.717, 1.165) is 79.9 Å². The molecule has 9 nitrogen and oxygen atoms in total. The number of hydrogen-bond donors (Lipinski definition) is 1. The van der Waals surface area contributed by atoms with Gasteiger partial charge in [0.15, 0.2) is 0 Å². The monoisotopic (exact) mass is 617 g/mol. The van der Waals surface area contributed by atoms with Gasteiger partial charge in [-0.1, -0.05) is 11.6 Å². The van der Waals surface area contributed by atoms with Gasteiger partial charge in [0.1, 0.15) is 24.2 Å². The molecule has 2 aromatic heterocycles. The highest BCUT2D eigenvalue weighted by Gasteiger charge is 2.51. The van der Waals surface area contributed by atoms with Gasteiger partial charge in [-0.25, -0.2) is 9.37 Å². The van der Waals surface area contributed by atoms with Gasteiger partial charge < -0.3 is 24.8 Å². The lowest BCUT2D eigenvalue weighted by atomic mass is 9.93. The highest BCUT2D eigenvalue weighted by molar-refractivity contribution is 6.36. The molecule has 1 N–H and O–H groups in total. The summed E-state index contributed by atoms with van der Waals surface area (Å²) in [6.07, 6.45) is 11.0. The summed E-state index contributed by atoms with van der Waals surface area (Å²) in [6.45, 7) is 4.85. The highest BCUT2D eigenvalue weighted by atomic mass is 35.5. The van der Waals surface area contributed by atoms with Crippen LogP contribution in [0.25, 0.3) is 10.8 Å². The summed E-state index contributed by atoms with van der Waals surface area (Å²) in [4.78, 5) is 32.7. The standard InChI is InChI=1S/C33H37ClFN7O2/c1-39-30-28(42-16-20-5-7-23(37-20)29(42)32(39)43)21-8-13-40(25-15-36-14-19-4-6-22(35)27(34)26(19)25)17-24(21)38-31(30)44-18-33-9-2-11-41(33)12-3-10-33/h4,6,14-15,20,23,29,37H,2-3,5,7-13,16-18H2,1H3. The zero-order valence-electron chi connectivity index (χ0n) is 25.0. The van der Waals surface area contributed by atoms with Crippen LogP contribution in [0.5, 0.6) is 5.88 Å². The van der Waals surface area contributed by atoms with Crippen molar-refractivity contribution < 1.29 is 13.9 Å². The number of fused-ring (bicyclic) bond motifs is 10. The van der Waals surface area contributed by atoms with Crippen molar-refractivity contribution >= 4 is 45.3 Å². The Morgan fingerprint density at radius 3 is 2.82 bits per heavy atom. The Kier molecular flexibility index (Phi) is 6.10. The van der Waals surface area contributed by atoms with Crippen LogP contribution in [0.3, 0.4) is 0 Å². The number of amides is 1. The average Bonchev–Trinajstić information content (AvgIpc) is 3.73. The lowest BCUT2D eigenvalue weighted by Crippen LogP contribution is -2.66. The predicted molar refractivity (Wildman–Crippen MR) is 168 cm³/mol. The molecule has 0 saturated carbocycles. The highest BCUT2D eigenvalue weighted by Crippen LogP contribution is 2.50. The molecule has 4 fully saturated rings. The molecule has 8 heterocycles. The lowest BCUT2D eigenvalue weighted by molar-refractivity contribution is -0.120. The van der Waals surface area contributed by atoms with Crippen molar-refractivity contribution in [1.82, 2.24) is 20.2 Å². The maximum Gasteiger partial charge on any atom is 0.251 e. The van der Waals surface area contributed by atoms with Crippen molar-refractivity contribution in [2.24, 2.45) is 0 Å². The van der Waals surface area contributed by atoms with Gasteiger partial charge in [0, 0.05) is 54.8 Å². The number of hydrogen-bond acceptors (Lipinski definition) is 8. The molecule has 230 valence electrons. The van der Waals surface area contributed by atoms with Crippen molar-refractivity contribution in [3.8, 4) is 5.88 Å². The quantitative estimate of drug-likeness (QED) is 0.465. The first-order chi connectivity index (χ1) is 21.4. The third kappa shape index (κ3) is 3.86. The van der Waals surface area contributed by atoms with Gasteiger partial charge >= 0.3 is 0 Å². The molecule has 3 atom stereocenters. The number of carbonyl (C=O) groups is 1. The first-order valence-corrected chi connectivity index (χ1v) is 16.5. The number of benzene rings is 1. The maximum atomic E-state index is 14.6. The van der Waals surface area contributed by atoms with Gasteiger partial charge in [-0.15, -0.1) is 0 Å². The number of piperazine rings is 1. The molecule has 3 unspecified atom stereocenters. The number of ether oxygens (including phenoxy) is 1. The third-order valence-corrected chi connectivity index (χ3v) is 11.7. The number of pyridine rings is 2. The second-order valence-corrected chi connectivity index (χ2v) is 14.0. The molecule has 1 aromatic carbocycles. The molecule has 44 heavy (non-hydrogen) atoms. The van der Waals surface area contributed by atoms with Crippen LogP contribution < -0.4 is 24.8 Å². The van der Waals surface area contributed by atoms with Crippen LogP contribution >= 0.6 is 11.6 Å². The normalized spacial score (nSPS) is 27.0. The van der Waals surface area contributed by atoms with Gasteiger partial charge in [0.25, 0.3) is 5.91 Å². The second kappa shape index (κ2) is 9.89. The average molecular weight is 618 g/mol. The molecule has 9 rings (SSSR count). The van der Waals surface area contributed by atoms with Gasteiger partial charge in [-0.2, -0.15) is 0 Å². The molecule has 6 aliphatic heterocycles. The Morgan fingerprint density at radius 2 is 1.98 bits per heavy atom. The van der Waals surface area contributed by atoms with E-state index in [0.29, 0.717) is 37.0 Å². The summed E-state index contributed by atoms with van der Waals surface area (Å²) in [5.41, 5.74) is 4.91. The van der Waals surface area contributed by atoms with Gasteiger partial charge in [-0.3, -0.25) is 14.7 Å². The van der Waals surface area contributed by atoms with Crippen molar-refractivity contribution in [2.45, 2.75) is 75.2 Å². The molecular formula is C33H37ClFN7O2. The van der Waals surface area contributed by atoms with Crippen LogP contribution in [-0.4, -0.2) is 84.3 Å². The molecule has 3 aromatic rings. The van der Waals surface area contributed by atoms with E-state index in [-0.39, 0.29) is 28.6 Å². The zero-order valence-corrected chi connectivity index (χ0v) is 25.7. The van der Waals surface area contributed by atoms with Crippen molar-refractivity contribution in [3.05, 3.63) is 46.6 Å². The molecule has 6 aliphatic rings. The number of nitrogens with zero attached hydrogens (tertiary/aromatic N) is 6. The molecule has 0 spiro atoms. The fourth-order valence-electron chi connectivity index (χ4n) is 9.19. The largest absolute Gasteiger partial charge is 0.474 e. The Balaban J connectivity index is 1.16. The third-order valence-electron chi connectivity index (χ3n) is 11.3. The summed E-state index contributed by atoms with van der Waals surface area (Å²) >= 11 is 6.54. The fourth-order valence-corrected chi connectivity index (χ4v) is 9.46. The van der Waals surface area contributed by atoms with E-state index in [1.54, 1.807) is 18.5 Å². The van der Waals surface area contributed by atoms with Gasteiger partial charge in [-0.05, 0) is 70.2 Å². The fraction of sp³-hybridized carbons (Fsp3) is 0.545. The van der Waals surface area contributed by atoms with E-state index in [1.165, 1.54) is 24.5 Å². The minimum absolute atomic E-state index is 0.0554. The lowest BCUT2D eigenvalue weighted by Gasteiger charge is -2.49. The first kappa shape index (κ1) is 27.1. The molecule has 1 amide bonds. The smallest absolute Gasteiger partial charge is 0.251 e. The summed E-state index contributed by atoms with van der Waals surface area (Å²) in [6, 6.07) is 3.41. The number of carbonyl (C=O) groups excluding carboxylic acids is 1. The van der Waals surface area contributed by atoms with E-state index >= 15 is 0 Å². The summed E-state index contributed by atoms with van der Waals surface area (Å²) in [7, 11) is 1.89. The van der Waals surface area contributed by atoms with E-state index in [9.17, 15) is 9.18 Å². The number of anilines is 3. The topological polar surface area (TPSA) is 77.1 Å². The van der Waals surface area contributed by atoms with E-state index in [2.05, 4.69) is 25.0 Å². The van der Waals surface area contributed by atoms with Crippen LogP contribution in [0, 0.1) is 5.82 Å². The number of rotatable bonds is 4. The SMILES string of the molecule is CN1C(=O)C2C3CCC(CN2c2c4c(nc(OCC56CCCN5CCC6)c21)CN(c1cncc2ccc(F)c(Cl)c12)CC4)N3. The molecule has 11 heteroatoms. The first-order valence-electron chi connectivity index (χ1n) is 16.1. The van der Waals surface area contributed by atoms with Crippen LogP contribution in [0.1, 0.15) is 49.8 Å². The van der Waals surface area contributed by atoms with Gasteiger partial charge in [0.2, 0.25) is 5.88 Å². The minimum atomic E-state index is -0.439. The predicted octanol–water partition coefficient (Wildman–Crippen LogP) is 4.28. The van der Waals surface area contributed by atoms with Crippen molar-refractivity contribution in [3.63, 3.8) is 0 Å². The van der Waals surface area contributed by atoms with Crippen molar-refractivity contribution in [2.75, 3.05) is 54.5 Å². The summed E-state index contributed by atoms with van der Waals surface area (Å²) in [5, 5.41) is 5.30. The Morgan fingerprint density at radius 1 is 1.14 bits per heavy atom. The zero-order chi connectivity index (χ0) is 29.7. The number of halogens is 2. The summed E-state index contributed by atoms with van der Waals surface area (Å²) in [5.74, 6) is 0.222. The Hall–Kier alpha value is -3.21. The van der Waals surface area contributed by atoms with Crippen molar-refractivity contribution in [1.29, 1.82) is 0 Å². The van der Waals surface area contributed by atoms with E-state index in [1.807, 2.05) is 11.9 Å². The van der Waals surface area contributed by atoms with E-state index in [4.69, 9.17) is 21.3 Å². The molecule has 0 aliphatic carbocycles. The molecular weight excluding hydrogens is 581 g/mol. The van der Waals surface area contributed by atoms with Gasteiger partial charge in [0.05, 0.1) is 40.4 Å². The number of aromatic nitrogens is 2. The Labute approximate surface area is 261 Å². The van der Waals surface area contributed by atoms with Crippen LogP contribution in [0.4, 0.5) is 21.5 Å². The number of nitrogens with one attached hydrogen (secondary N) is 1. The minimum Gasteiger partial charge on any atom is -0.474 e. The Bertz CT molecular complexity index is 1690. The molecule has 2 bridgehead atoms. The number of likely N-dealkylation sites (N-methyl/N-ethyl adjacent to an activating group) is 1. The van der Waals surface area contributed by atoms with E-state index < -0.39 is 5.82 Å². The van der Waals surface area contributed by atoms with Crippen LogP contribution in [0.2, 0.25) is 5.02 Å². The second-order valence-electron chi connectivity index (χ2n) is 13.6. The van der Waals surface area contributed by atoms with Crippen LogP contribution in [-0.2, 0) is 17.8 Å². The molecule has 4 saturated heterocycles. The summed E-state index contributed by atoms with van der Waals surface area (Å²) < 4.78 is 21.4. The van der Waals surface area contributed by atoms with Crippen LogP contribution in [0.15, 0.2) is 24.5 Å². The molecule has 0 radical (unpaired) electrons. The maximum absolute atomic E-state index is 14.6.